The molecule has 2 aromatic carbocycles. The van der Waals surface area contributed by atoms with Gasteiger partial charge in [-0.3, -0.25) is 9.69 Å². The summed E-state index contributed by atoms with van der Waals surface area (Å²) in [6.07, 6.45) is 2.45. The van der Waals surface area contributed by atoms with Crippen LogP contribution in [0.3, 0.4) is 0 Å². The third-order valence-corrected chi connectivity index (χ3v) is 5.58. The number of nitrogens with zero attached hydrogens (tertiary/aromatic N) is 3. The first-order chi connectivity index (χ1) is 13.1. The van der Waals surface area contributed by atoms with Crippen LogP contribution >= 0.6 is 0 Å². The number of aromatic nitrogens is 2. The fraction of sp³-hybridized carbons (Fsp3) is 0.250. The summed E-state index contributed by atoms with van der Waals surface area (Å²) in [7, 11) is 0. The maximum atomic E-state index is 14.7. The highest BCUT2D eigenvalue weighted by Gasteiger charge is 2.40. The summed E-state index contributed by atoms with van der Waals surface area (Å²) in [5.41, 5.74) is 8.05. The van der Waals surface area contributed by atoms with Crippen LogP contribution in [0.4, 0.5) is 10.2 Å². The smallest absolute Gasteiger partial charge is 0.250 e. The van der Waals surface area contributed by atoms with E-state index in [1.807, 2.05) is 12.1 Å². The molecule has 1 saturated heterocycles. The fourth-order valence-corrected chi connectivity index (χ4v) is 4.23. The van der Waals surface area contributed by atoms with Crippen molar-refractivity contribution in [2.24, 2.45) is 5.73 Å². The Morgan fingerprint density at radius 1 is 1.22 bits per heavy atom. The molecule has 0 bridgehead atoms. The topological polar surface area (TPSA) is 84.1 Å². The molecule has 0 spiro atoms. The molecule has 5 rings (SSSR count). The predicted molar refractivity (Wildman–Crippen MR) is 99.8 cm³/mol. The zero-order chi connectivity index (χ0) is 18.5. The maximum Gasteiger partial charge on any atom is 0.250 e. The quantitative estimate of drug-likeness (QED) is 0.748. The van der Waals surface area contributed by atoms with Gasteiger partial charge < -0.3 is 11.1 Å². The zero-order valence-electron chi connectivity index (χ0n) is 14.5. The van der Waals surface area contributed by atoms with E-state index in [4.69, 9.17) is 5.73 Å². The van der Waals surface area contributed by atoms with Crippen molar-refractivity contribution in [3.8, 4) is 0 Å². The van der Waals surface area contributed by atoms with Gasteiger partial charge in [-0.2, -0.15) is 0 Å². The van der Waals surface area contributed by atoms with Crippen molar-refractivity contribution in [2.45, 2.75) is 18.5 Å². The molecule has 2 unspecified atom stereocenters. The molecule has 6 nitrogen and oxygen atoms in total. The van der Waals surface area contributed by atoms with E-state index in [1.165, 1.54) is 12.4 Å². The lowest BCUT2D eigenvalue weighted by Gasteiger charge is -2.48. The van der Waals surface area contributed by atoms with Crippen molar-refractivity contribution < 1.29 is 9.18 Å². The predicted octanol–water partition coefficient (Wildman–Crippen LogP) is 2.78. The molecule has 0 saturated carbocycles. The lowest BCUT2D eigenvalue weighted by Crippen LogP contribution is -2.48. The number of hydrogen-bond donors (Lipinski definition) is 2. The number of anilines is 1. The minimum Gasteiger partial charge on any atom is -0.366 e. The highest BCUT2D eigenvalue weighted by molar-refractivity contribution is 6.06. The third-order valence-electron chi connectivity index (χ3n) is 5.58. The number of amides is 1. The number of nitrogens with one attached hydrogen (secondary N) is 1. The van der Waals surface area contributed by atoms with Gasteiger partial charge in [-0.25, -0.2) is 14.4 Å². The molecule has 0 aliphatic carbocycles. The highest BCUT2D eigenvalue weighted by atomic mass is 19.1. The van der Waals surface area contributed by atoms with Crippen molar-refractivity contribution in [3.05, 3.63) is 65.2 Å². The van der Waals surface area contributed by atoms with Crippen molar-refractivity contribution in [2.75, 3.05) is 18.4 Å². The van der Waals surface area contributed by atoms with Gasteiger partial charge in [0.15, 0.2) is 0 Å². The molecule has 27 heavy (non-hydrogen) atoms. The van der Waals surface area contributed by atoms with Crippen molar-refractivity contribution in [1.82, 2.24) is 14.9 Å². The van der Waals surface area contributed by atoms with Gasteiger partial charge >= 0.3 is 0 Å². The normalized spacial score (nSPS) is 21.2. The van der Waals surface area contributed by atoms with Crippen LogP contribution < -0.4 is 11.1 Å². The van der Waals surface area contributed by atoms with E-state index < -0.39 is 5.91 Å². The largest absolute Gasteiger partial charge is 0.366 e. The second kappa shape index (κ2) is 5.99. The molecule has 3 heterocycles. The van der Waals surface area contributed by atoms with Gasteiger partial charge in [-0.05, 0) is 30.2 Å². The van der Waals surface area contributed by atoms with Crippen LogP contribution in [0.15, 0.2) is 42.7 Å². The zero-order valence-corrected chi connectivity index (χ0v) is 14.5. The van der Waals surface area contributed by atoms with E-state index >= 15 is 0 Å². The maximum absolute atomic E-state index is 14.7. The van der Waals surface area contributed by atoms with Gasteiger partial charge in [-0.1, -0.05) is 18.2 Å². The number of primary amides is 1. The first-order valence-corrected chi connectivity index (χ1v) is 8.96. The summed E-state index contributed by atoms with van der Waals surface area (Å²) in [6.45, 7) is 1.72. The van der Waals surface area contributed by atoms with Gasteiger partial charge in [0.05, 0.1) is 17.1 Å². The number of rotatable bonds is 3. The first-order valence-electron chi connectivity index (χ1n) is 8.96. The average molecular weight is 363 g/mol. The van der Waals surface area contributed by atoms with E-state index in [-0.39, 0.29) is 11.9 Å². The number of nitrogens with two attached hydrogens (primary N) is 1. The van der Waals surface area contributed by atoms with E-state index in [0.717, 1.165) is 18.5 Å². The second-order valence-corrected chi connectivity index (χ2v) is 7.03. The SMILES string of the molecule is NC(=O)c1cccc2c(NC3CN4CCC4c4cccc(F)c43)ncnc12. The van der Waals surface area contributed by atoms with Gasteiger partial charge in [-0.15, -0.1) is 0 Å². The summed E-state index contributed by atoms with van der Waals surface area (Å²) in [4.78, 5) is 22.6. The number of hydrogen-bond acceptors (Lipinski definition) is 5. The summed E-state index contributed by atoms with van der Waals surface area (Å²) >= 11 is 0. The molecule has 136 valence electrons. The van der Waals surface area contributed by atoms with Gasteiger partial charge in [0.1, 0.15) is 18.0 Å². The lowest BCUT2D eigenvalue weighted by molar-refractivity contribution is 0.0710. The molecule has 0 radical (unpaired) electrons. The molecule has 1 fully saturated rings. The van der Waals surface area contributed by atoms with E-state index in [0.29, 0.717) is 40.4 Å². The second-order valence-electron chi connectivity index (χ2n) is 7.03. The van der Waals surface area contributed by atoms with Crippen LogP contribution in [0.25, 0.3) is 10.9 Å². The van der Waals surface area contributed by atoms with Crippen LogP contribution in [0.1, 0.15) is 40.0 Å². The molecular formula is C20H18FN5O. The van der Waals surface area contributed by atoms with Gasteiger partial charge in [0.25, 0.3) is 5.91 Å². The number of carbonyl (C=O) groups is 1. The highest BCUT2D eigenvalue weighted by Crippen LogP contribution is 2.44. The monoisotopic (exact) mass is 363 g/mol. The molecule has 3 aromatic rings. The number of fused-ring (bicyclic) bond motifs is 4. The molecule has 2 aliphatic rings. The Hall–Kier alpha value is -3.06. The Labute approximate surface area is 155 Å². The number of benzene rings is 2. The van der Waals surface area contributed by atoms with E-state index in [2.05, 4.69) is 20.2 Å². The number of halogens is 1. The van der Waals surface area contributed by atoms with E-state index in [1.54, 1.807) is 18.2 Å². The van der Waals surface area contributed by atoms with Crippen molar-refractivity contribution >= 4 is 22.6 Å². The average Bonchev–Trinajstić information content (AvgIpc) is 2.63. The standard InChI is InChI=1S/C20H18FN5O/c21-14-6-2-3-11-16-7-8-26(16)9-15(17(11)14)25-20-13-5-1-4-12(19(22)27)18(13)23-10-24-20/h1-6,10,15-16H,7-9H2,(H2,22,27)(H,23,24,25). The first kappa shape index (κ1) is 16.1. The third kappa shape index (κ3) is 2.46. The Kier molecular flexibility index (Phi) is 3.58. The molecular weight excluding hydrogens is 345 g/mol. The summed E-state index contributed by atoms with van der Waals surface area (Å²) in [5.74, 6) is -0.170. The van der Waals surface area contributed by atoms with Crippen molar-refractivity contribution in [1.29, 1.82) is 0 Å². The lowest BCUT2D eigenvalue weighted by atomic mass is 9.83. The van der Waals surface area contributed by atoms with Gasteiger partial charge in [0, 0.05) is 30.1 Å². The molecule has 2 atom stereocenters. The summed E-state index contributed by atoms with van der Waals surface area (Å²) in [5, 5.41) is 4.08. The van der Waals surface area contributed by atoms with Crippen LogP contribution in [-0.4, -0.2) is 33.9 Å². The molecule has 1 aromatic heterocycles. The Balaban J connectivity index is 1.60. The number of carbonyl (C=O) groups excluding carboxylic acids is 1. The molecule has 1 amide bonds. The van der Waals surface area contributed by atoms with Gasteiger partial charge in [0.2, 0.25) is 0 Å². The van der Waals surface area contributed by atoms with Crippen LogP contribution in [0.2, 0.25) is 0 Å². The van der Waals surface area contributed by atoms with Crippen LogP contribution in [0, 0.1) is 5.82 Å². The minimum atomic E-state index is -0.539. The summed E-state index contributed by atoms with van der Waals surface area (Å²) in [6, 6.07) is 10.6. The minimum absolute atomic E-state index is 0.201. The molecule has 2 aliphatic heterocycles. The molecule has 3 N–H and O–H groups in total. The Bertz CT molecular complexity index is 1070. The van der Waals surface area contributed by atoms with E-state index in [9.17, 15) is 9.18 Å². The number of para-hydroxylation sites is 1. The Morgan fingerprint density at radius 2 is 2.07 bits per heavy atom. The van der Waals surface area contributed by atoms with Crippen molar-refractivity contribution in [3.63, 3.8) is 0 Å². The Morgan fingerprint density at radius 3 is 2.85 bits per heavy atom. The molecule has 7 heteroatoms. The van der Waals surface area contributed by atoms with Crippen LogP contribution in [0.5, 0.6) is 0 Å². The van der Waals surface area contributed by atoms with Crippen LogP contribution in [-0.2, 0) is 0 Å². The fourth-order valence-electron chi connectivity index (χ4n) is 4.23. The summed E-state index contributed by atoms with van der Waals surface area (Å²) < 4.78 is 14.7.